The van der Waals surface area contributed by atoms with E-state index in [9.17, 15) is 20.1 Å². The number of nitrogens with zero attached hydrogens (tertiary/aromatic N) is 2. The van der Waals surface area contributed by atoms with Crippen molar-refractivity contribution < 1.29 is 15.3 Å². The normalized spacial score (nSPS) is 13.2. The van der Waals surface area contributed by atoms with Crippen LogP contribution in [0.15, 0.2) is 70.5 Å². The van der Waals surface area contributed by atoms with Gasteiger partial charge in [0.2, 0.25) is 5.88 Å². The number of phenols is 2. The van der Waals surface area contributed by atoms with Crippen molar-refractivity contribution in [3.8, 4) is 17.4 Å². The van der Waals surface area contributed by atoms with Crippen LogP contribution in [0.4, 0.5) is 5.69 Å². The minimum atomic E-state index is -0.366. The molecule has 2 heterocycles. The molecule has 0 unspecified atom stereocenters. The minimum Gasteiger partial charge on any atom is -0.504 e. The molecule has 7 nitrogen and oxygen atoms in total. The second-order valence-electron chi connectivity index (χ2n) is 7.86. The molecule has 0 radical (unpaired) electrons. The molecule has 160 valence electrons. The molecule has 1 aliphatic rings. The minimum absolute atomic E-state index is 0.196. The molecule has 1 aliphatic heterocycles. The van der Waals surface area contributed by atoms with E-state index in [0.717, 1.165) is 18.8 Å². The van der Waals surface area contributed by atoms with Gasteiger partial charge in [0.25, 0.3) is 5.56 Å². The second kappa shape index (κ2) is 7.77. The van der Waals surface area contributed by atoms with Gasteiger partial charge in [-0.05, 0) is 47.0 Å². The first-order chi connectivity index (χ1) is 15.5. The standard InChI is InChI=1S/C25H21N3O4/c29-22-8-5-15(9-23(22)30)11-26-12-21-20-10-18(6-7-19(20)24(31)27-25(21)32)28-13-16-3-1-2-4-17(16)14-28/h1-10,12,29-30H,11,13-14H2,(H2,27,31,32). The summed E-state index contributed by atoms with van der Waals surface area (Å²) in [4.78, 5) is 21.5. The number of hydrogen-bond acceptors (Lipinski definition) is 6. The van der Waals surface area contributed by atoms with Gasteiger partial charge in [-0.2, -0.15) is 0 Å². The monoisotopic (exact) mass is 427 g/mol. The van der Waals surface area contributed by atoms with Crippen molar-refractivity contribution in [2.24, 2.45) is 4.99 Å². The molecule has 0 spiro atoms. The van der Waals surface area contributed by atoms with Crippen molar-refractivity contribution in [3.05, 3.63) is 93.3 Å². The van der Waals surface area contributed by atoms with Crippen LogP contribution < -0.4 is 10.5 Å². The summed E-state index contributed by atoms with van der Waals surface area (Å²) in [5, 5.41) is 30.6. The van der Waals surface area contributed by atoms with Gasteiger partial charge in [-0.1, -0.05) is 30.3 Å². The van der Waals surface area contributed by atoms with Gasteiger partial charge in [0, 0.05) is 35.8 Å². The molecule has 0 saturated carbocycles. The van der Waals surface area contributed by atoms with Crippen molar-refractivity contribution in [2.45, 2.75) is 19.6 Å². The highest BCUT2D eigenvalue weighted by Crippen LogP contribution is 2.31. The number of pyridine rings is 1. The number of benzene rings is 3. The molecule has 0 saturated heterocycles. The number of nitrogens with one attached hydrogen (secondary N) is 1. The molecular formula is C25H21N3O4. The van der Waals surface area contributed by atoms with E-state index in [1.807, 2.05) is 24.3 Å². The number of aromatic amines is 1. The Morgan fingerprint density at radius 1 is 0.906 bits per heavy atom. The van der Waals surface area contributed by atoms with Crippen LogP contribution in [0.2, 0.25) is 0 Å². The molecule has 32 heavy (non-hydrogen) atoms. The van der Waals surface area contributed by atoms with Crippen LogP contribution in [-0.2, 0) is 19.6 Å². The summed E-state index contributed by atoms with van der Waals surface area (Å²) in [6.45, 7) is 1.80. The predicted octanol–water partition coefficient (Wildman–Crippen LogP) is 3.78. The number of fused-ring (bicyclic) bond motifs is 2. The van der Waals surface area contributed by atoms with Gasteiger partial charge < -0.3 is 20.2 Å². The fraction of sp³-hybridized carbons (Fsp3) is 0.120. The van der Waals surface area contributed by atoms with Gasteiger partial charge >= 0.3 is 0 Å². The van der Waals surface area contributed by atoms with Gasteiger partial charge in [0.05, 0.1) is 12.1 Å². The Hall–Kier alpha value is -4.26. The molecule has 1 aromatic heterocycles. The molecule has 4 N–H and O–H groups in total. The van der Waals surface area contributed by atoms with Crippen molar-refractivity contribution >= 4 is 22.7 Å². The Bertz CT molecular complexity index is 1400. The molecule has 5 rings (SSSR count). The number of rotatable bonds is 4. The summed E-state index contributed by atoms with van der Waals surface area (Å²) in [7, 11) is 0. The maximum atomic E-state index is 12.4. The third-order valence-electron chi connectivity index (χ3n) is 5.77. The van der Waals surface area contributed by atoms with Gasteiger partial charge in [-0.15, -0.1) is 0 Å². The highest BCUT2D eigenvalue weighted by atomic mass is 16.3. The third-order valence-corrected chi connectivity index (χ3v) is 5.77. The lowest BCUT2D eigenvalue weighted by molar-refractivity contribution is 0.403. The molecule has 0 fully saturated rings. The summed E-state index contributed by atoms with van der Waals surface area (Å²) in [5.74, 6) is -0.661. The van der Waals surface area contributed by atoms with E-state index in [1.165, 1.54) is 29.5 Å². The van der Waals surface area contributed by atoms with Gasteiger partial charge in [0.15, 0.2) is 11.5 Å². The SMILES string of the molecule is O=c1[nH]c(O)c(C=NCc2ccc(O)c(O)c2)c2cc(N3Cc4ccccc4C3)ccc12. The molecule has 0 atom stereocenters. The number of aliphatic imine (C=N–C) groups is 1. The van der Waals surface area contributed by atoms with E-state index < -0.39 is 0 Å². The molecule has 7 heteroatoms. The number of phenolic OH excluding ortho intramolecular Hbond substituents is 2. The van der Waals surface area contributed by atoms with Crippen LogP contribution in [0.5, 0.6) is 17.4 Å². The lowest BCUT2D eigenvalue weighted by Gasteiger charge is -2.18. The summed E-state index contributed by atoms with van der Waals surface area (Å²) in [6, 6.07) is 18.4. The van der Waals surface area contributed by atoms with E-state index in [2.05, 4.69) is 27.0 Å². The van der Waals surface area contributed by atoms with Gasteiger partial charge in [-0.25, -0.2) is 0 Å². The van der Waals surface area contributed by atoms with Crippen LogP contribution in [0.1, 0.15) is 22.3 Å². The lowest BCUT2D eigenvalue weighted by atomic mass is 10.1. The smallest absolute Gasteiger partial charge is 0.258 e. The Morgan fingerprint density at radius 2 is 1.66 bits per heavy atom. The van der Waals surface area contributed by atoms with E-state index in [0.29, 0.717) is 21.9 Å². The molecule has 4 aromatic rings. The predicted molar refractivity (Wildman–Crippen MR) is 124 cm³/mol. The van der Waals surface area contributed by atoms with Crippen molar-refractivity contribution in [2.75, 3.05) is 4.90 Å². The van der Waals surface area contributed by atoms with Crippen LogP contribution in [-0.4, -0.2) is 26.5 Å². The molecule has 0 bridgehead atoms. The second-order valence-corrected chi connectivity index (χ2v) is 7.86. The van der Waals surface area contributed by atoms with Gasteiger partial charge in [0.1, 0.15) is 0 Å². The lowest BCUT2D eigenvalue weighted by Crippen LogP contribution is -2.15. The number of aromatic hydroxyl groups is 3. The molecular weight excluding hydrogens is 406 g/mol. The maximum Gasteiger partial charge on any atom is 0.258 e. The average Bonchev–Trinajstić information content (AvgIpc) is 3.22. The van der Waals surface area contributed by atoms with Crippen LogP contribution in [0.3, 0.4) is 0 Å². The van der Waals surface area contributed by atoms with Crippen LogP contribution in [0, 0.1) is 0 Å². The third kappa shape index (κ3) is 3.54. The molecule has 3 aromatic carbocycles. The zero-order valence-electron chi connectivity index (χ0n) is 17.1. The number of anilines is 1. The Kier molecular flexibility index (Phi) is 4.78. The molecule has 0 aliphatic carbocycles. The zero-order valence-corrected chi connectivity index (χ0v) is 17.1. The summed E-state index contributed by atoms with van der Waals surface area (Å²) in [5.41, 5.74) is 4.26. The molecule has 0 amide bonds. The fourth-order valence-electron chi connectivity index (χ4n) is 4.08. The van der Waals surface area contributed by atoms with Crippen molar-refractivity contribution in [1.82, 2.24) is 4.98 Å². The Balaban J connectivity index is 1.50. The number of H-pyrrole nitrogens is 1. The quantitative estimate of drug-likeness (QED) is 0.293. The first-order valence-electron chi connectivity index (χ1n) is 10.2. The van der Waals surface area contributed by atoms with Gasteiger partial charge in [-0.3, -0.25) is 14.8 Å². The average molecular weight is 427 g/mol. The summed E-state index contributed by atoms with van der Waals surface area (Å²) >= 11 is 0. The Labute approximate surface area is 183 Å². The van der Waals surface area contributed by atoms with Crippen molar-refractivity contribution in [1.29, 1.82) is 0 Å². The topological polar surface area (TPSA) is 109 Å². The first kappa shape index (κ1) is 19.7. The van der Waals surface area contributed by atoms with E-state index in [-0.39, 0.29) is 29.5 Å². The number of hydrogen-bond donors (Lipinski definition) is 4. The van der Waals surface area contributed by atoms with E-state index in [4.69, 9.17) is 0 Å². The zero-order chi connectivity index (χ0) is 22.2. The first-order valence-corrected chi connectivity index (χ1v) is 10.2. The highest BCUT2D eigenvalue weighted by Gasteiger charge is 2.20. The largest absolute Gasteiger partial charge is 0.504 e. The maximum absolute atomic E-state index is 12.4. The number of aromatic nitrogens is 1. The van der Waals surface area contributed by atoms with E-state index in [1.54, 1.807) is 12.1 Å². The van der Waals surface area contributed by atoms with E-state index >= 15 is 0 Å². The van der Waals surface area contributed by atoms with Crippen LogP contribution >= 0.6 is 0 Å². The summed E-state index contributed by atoms with van der Waals surface area (Å²) in [6.07, 6.45) is 1.51. The van der Waals surface area contributed by atoms with Crippen molar-refractivity contribution in [3.63, 3.8) is 0 Å². The Morgan fingerprint density at radius 3 is 2.38 bits per heavy atom. The fourth-order valence-corrected chi connectivity index (χ4v) is 4.08. The summed E-state index contributed by atoms with van der Waals surface area (Å²) < 4.78 is 0. The highest BCUT2D eigenvalue weighted by molar-refractivity contribution is 6.02. The van der Waals surface area contributed by atoms with Crippen LogP contribution in [0.25, 0.3) is 10.8 Å².